The topological polar surface area (TPSA) is 58.6 Å². The molecule has 2 atom stereocenters. The van der Waals surface area contributed by atoms with Crippen molar-refractivity contribution < 1.29 is 13.2 Å². The predicted octanol–water partition coefficient (Wildman–Crippen LogP) is 1.49. The molecule has 1 saturated carbocycles. The van der Waals surface area contributed by atoms with Crippen LogP contribution in [0.1, 0.15) is 26.7 Å². The second kappa shape index (κ2) is 6.50. The van der Waals surface area contributed by atoms with Crippen LogP contribution in [0, 0.1) is 5.92 Å². The fourth-order valence-electron chi connectivity index (χ4n) is 3.00. The van der Waals surface area contributed by atoms with E-state index < -0.39 is 15.3 Å². The first-order chi connectivity index (χ1) is 9.91. The van der Waals surface area contributed by atoms with Crippen LogP contribution in [-0.4, -0.2) is 51.3 Å². The highest BCUT2D eigenvalue weighted by atomic mass is 32.2. The lowest BCUT2D eigenvalue weighted by atomic mass is 9.95. The van der Waals surface area contributed by atoms with Gasteiger partial charge in [-0.25, -0.2) is 8.42 Å². The van der Waals surface area contributed by atoms with E-state index in [0.717, 1.165) is 24.2 Å². The summed E-state index contributed by atoms with van der Waals surface area (Å²) >= 11 is 0. The summed E-state index contributed by atoms with van der Waals surface area (Å²) < 4.78 is 33.1. The summed E-state index contributed by atoms with van der Waals surface area (Å²) in [5.74, 6) is 0.672. The average molecular weight is 314 g/mol. The molecule has 0 heterocycles. The Morgan fingerprint density at radius 1 is 1.43 bits per heavy atom. The van der Waals surface area contributed by atoms with Gasteiger partial charge in [0.25, 0.3) is 0 Å². The molecule has 6 heteroatoms. The third kappa shape index (κ3) is 3.49. The van der Waals surface area contributed by atoms with Gasteiger partial charge in [-0.05, 0) is 50.5 Å². The van der Waals surface area contributed by atoms with Crippen LogP contribution in [0.3, 0.4) is 0 Å². The van der Waals surface area contributed by atoms with E-state index in [-0.39, 0.29) is 12.0 Å². The zero-order chi connectivity index (χ0) is 15.6. The number of nitrogens with one attached hydrogen (secondary N) is 1. The maximum Gasteiger partial charge on any atom is 0.221 e. The molecule has 0 radical (unpaired) electrons. The maximum absolute atomic E-state index is 13.1. The molecule has 2 rings (SSSR count). The maximum atomic E-state index is 13.1. The number of allylic oxidation sites excluding steroid dienone is 2. The number of ether oxygens (including phenoxy) is 1. The minimum absolute atomic E-state index is 0.0780. The minimum Gasteiger partial charge on any atom is -0.497 e. The van der Waals surface area contributed by atoms with Gasteiger partial charge in [0.05, 0.1) is 7.11 Å². The number of likely N-dealkylation sites (N-methyl/N-ethyl adjacent to an activating group) is 1. The third-order valence-corrected chi connectivity index (χ3v) is 6.72. The van der Waals surface area contributed by atoms with Gasteiger partial charge in [0.1, 0.15) is 11.0 Å². The van der Waals surface area contributed by atoms with Gasteiger partial charge in [0.2, 0.25) is 10.0 Å². The van der Waals surface area contributed by atoms with Crippen LogP contribution in [0.2, 0.25) is 0 Å². The Morgan fingerprint density at radius 3 is 2.57 bits per heavy atom. The molecule has 0 aliphatic heterocycles. The first-order valence-corrected chi connectivity index (χ1v) is 9.01. The molecule has 0 aromatic carbocycles. The quantitative estimate of drug-likeness (QED) is 0.773. The van der Waals surface area contributed by atoms with Crippen molar-refractivity contribution in [2.24, 2.45) is 5.92 Å². The van der Waals surface area contributed by atoms with Crippen molar-refractivity contribution in [3.05, 3.63) is 23.5 Å². The third-order valence-electron chi connectivity index (χ3n) is 4.14. The Morgan fingerprint density at radius 2 is 2.10 bits per heavy atom. The first-order valence-electron chi connectivity index (χ1n) is 7.51. The molecule has 21 heavy (non-hydrogen) atoms. The van der Waals surface area contributed by atoms with Crippen LogP contribution >= 0.6 is 0 Å². The minimum atomic E-state index is -3.34. The van der Waals surface area contributed by atoms with E-state index in [1.54, 1.807) is 11.4 Å². The molecule has 2 aliphatic carbocycles. The van der Waals surface area contributed by atoms with Gasteiger partial charge in [0, 0.05) is 19.1 Å². The van der Waals surface area contributed by atoms with Gasteiger partial charge in [0.15, 0.2) is 0 Å². The van der Waals surface area contributed by atoms with Crippen LogP contribution in [0.4, 0.5) is 0 Å². The number of sulfonamides is 1. The molecule has 5 nitrogen and oxygen atoms in total. The molecule has 0 aromatic heterocycles. The summed E-state index contributed by atoms with van der Waals surface area (Å²) in [5, 5.41) is 2.56. The zero-order valence-electron chi connectivity index (χ0n) is 13.3. The van der Waals surface area contributed by atoms with Gasteiger partial charge in [-0.3, -0.25) is 0 Å². The Hall–Kier alpha value is -0.850. The molecule has 0 saturated heterocycles. The van der Waals surface area contributed by atoms with E-state index in [4.69, 9.17) is 4.74 Å². The number of rotatable bonds is 7. The molecule has 0 spiro atoms. The molecule has 0 aromatic rings. The van der Waals surface area contributed by atoms with Crippen molar-refractivity contribution in [2.45, 2.75) is 38.0 Å². The van der Waals surface area contributed by atoms with Gasteiger partial charge in [-0.1, -0.05) is 6.92 Å². The normalized spacial score (nSPS) is 26.5. The second-order valence-corrected chi connectivity index (χ2v) is 7.94. The SMILES string of the molecule is CNCCN(C1CC1)S(=O)(=O)C1C(C)=CC(OC)=CC1C. The summed E-state index contributed by atoms with van der Waals surface area (Å²) in [6, 6.07) is 0.191. The Balaban J connectivity index is 2.25. The van der Waals surface area contributed by atoms with Crippen molar-refractivity contribution in [1.29, 1.82) is 0 Å². The predicted molar refractivity (Wildman–Crippen MR) is 84.4 cm³/mol. The molecule has 1 fully saturated rings. The highest BCUT2D eigenvalue weighted by Crippen LogP contribution is 2.36. The van der Waals surface area contributed by atoms with Crippen molar-refractivity contribution in [3.63, 3.8) is 0 Å². The smallest absolute Gasteiger partial charge is 0.221 e. The summed E-state index contributed by atoms with van der Waals surface area (Å²) in [5.41, 5.74) is 0.858. The van der Waals surface area contributed by atoms with Crippen LogP contribution in [0.5, 0.6) is 0 Å². The first kappa shape index (κ1) is 16.5. The van der Waals surface area contributed by atoms with Crippen molar-refractivity contribution in [1.82, 2.24) is 9.62 Å². The zero-order valence-corrected chi connectivity index (χ0v) is 14.1. The molecule has 2 aliphatic rings. The molecule has 2 unspecified atom stereocenters. The van der Waals surface area contributed by atoms with Gasteiger partial charge in [-0.2, -0.15) is 4.31 Å². The largest absolute Gasteiger partial charge is 0.497 e. The highest BCUT2D eigenvalue weighted by molar-refractivity contribution is 7.90. The summed E-state index contributed by atoms with van der Waals surface area (Å²) in [4.78, 5) is 0. The number of hydrogen-bond acceptors (Lipinski definition) is 4. The molecular formula is C15H26N2O3S. The van der Waals surface area contributed by atoms with Crippen molar-refractivity contribution >= 4 is 10.0 Å². The van der Waals surface area contributed by atoms with E-state index in [9.17, 15) is 8.42 Å². The van der Waals surface area contributed by atoms with E-state index >= 15 is 0 Å². The lowest BCUT2D eigenvalue weighted by Crippen LogP contribution is -2.46. The molecule has 0 amide bonds. The van der Waals surface area contributed by atoms with Gasteiger partial charge >= 0.3 is 0 Å². The second-order valence-electron chi connectivity index (χ2n) is 5.93. The molecule has 120 valence electrons. The van der Waals surface area contributed by atoms with E-state index in [2.05, 4.69) is 5.32 Å². The summed E-state index contributed by atoms with van der Waals surface area (Å²) in [6.45, 7) is 5.05. The van der Waals surface area contributed by atoms with E-state index in [1.807, 2.05) is 33.0 Å². The fourth-order valence-corrected chi connectivity index (χ4v) is 5.42. The standard InChI is InChI=1S/C15H26N2O3S/c1-11-9-14(20-4)10-12(2)15(11)21(18,19)17(8-7-16-3)13-5-6-13/h9-11,13,15-16H,5-8H2,1-4H3. The number of nitrogens with zero attached hydrogens (tertiary/aromatic N) is 1. The van der Waals surface area contributed by atoms with Crippen LogP contribution in [0.15, 0.2) is 23.5 Å². The Labute approximate surface area is 128 Å². The van der Waals surface area contributed by atoms with Crippen molar-refractivity contribution in [3.8, 4) is 0 Å². The van der Waals surface area contributed by atoms with Gasteiger partial charge < -0.3 is 10.1 Å². The van der Waals surface area contributed by atoms with Crippen LogP contribution < -0.4 is 5.32 Å². The fraction of sp³-hybridized carbons (Fsp3) is 0.733. The van der Waals surface area contributed by atoms with Crippen LogP contribution in [-0.2, 0) is 14.8 Å². The Kier molecular flexibility index (Phi) is 5.11. The number of hydrogen-bond donors (Lipinski definition) is 1. The summed E-state index contributed by atoms with van der Waals surface area (Å²) in [7, 11) is 0.120. The van der Waals surface area contributed by atoms with Crippen molar-refractivity contribution in [2.75, 3.05) is 27.2 Å². The van der Waals surface area contributed by atoms with E-state index in [0.29, 0.717) is 13.1 Å². The summed E-state index contributed by atoms with van der Waals surface area (Å²) in [6.07, 6.45) is 5.70. The number of methoxy groups -OCH3 is 1. The average Bonchev–Trinajstić information content (AvgIpc) is 3.22. The monoisotopic (exact) mass is 314 g/mol. The van der Waals surface area contributed by atoms with Gasteiger partial charge in [-0.15, -0.1) is 0 Å². The Bertz CT molecular complexity index is 535. The molecular weight excluding hydrogens is 288 g/mol. The highest BCUT2D eigenvalue weighted by Gasteiger charge is 2.43. The lowest BCUT2D eigenvalue weighted by molar-refractivity contribution is 0.298. The van der Waals surface area contributed by atoms with Crippen LogP contribution in [0.25, 0.3) is 0 Å². The molecule has 0 bridgehead atoms. The van der Waals surface area contributed by atoms with E-state index in [1.165, 1.54) is 0 Å². The molecule has 1 N–H and O–H groups in total. The lowest BCUT2D eigenvalue weighted by Gasteiger charge is -2.32.